The zero-order chi connectivity index (χ0) is 7.84. The molecule has 2 aliphatic rings. The van der Waals surface area contributed by atoms with E-state index in [9.17, 15) is 4.79 Å². The molecule has 56 valence electrons. The van der Waals surface area contributed by atoms with Crippen molar-refractivity contribution in [2.45, 2.75) is 4.83 Å². The standard InChI is InChI=1S/C7H4BrNO2/c8-4-1-2-6-5(3-4)7(10)11-9-6/h1-4H. The van der Waals surface area contributed by atoms with Crippen molar-refractivity contribution in [2.24, 2.45) is 5.16 Å². The summed E-state index contributed by atoms with van der Waals surface area (Å²) in [4.78, 5) is 15.5. The van der Waals surface area contributed by atoms with Gasteiger partial charge in [-0.2, -0.15) is 0 Å². The molecular weight excluding hydrogens is 210 g/mol. The molecule has 0 amide bonds. The van der Waals surface area contributed by atoms with Gasteiger partial charge in [0, 0.05) is 0 Å². The van der Waals surface area contributed by atoms with Crippen LogP contribution in [0.2, 0.25) is 0 Å². The lowest BCUT2D eigenvalue weighted by Gasteiger charge is -2.03. The summed E-state index contributed by atoms with van der Waals surface area (Å²) in [6.45, 7) is 0. The zero-order valence-electron chi connectivity index (χ0n) is 5.45. The van der Waals surface area contributed by atoms with Crippen LogP contribution < -0.4 is 0 Å². The van der Waals surface area contributed by atoms with Crippen molar-refractivity contribution in [1.29, 1.82) is 0 Å². The second kappa shape index (κ2) is 2.30. The Morgan fingerprint density at radius 1 is 1.64 bits per heavy atom. The normalized spacial score (nSPS) is 27.4. The second-order valence-electron chi connectivity index (χ2n) is 2.24. The second-order valence-corrected chi connectivity index (χ2v) is 3.30. The van der Waals surface area contributed by atoms with Gasteiger partial charge >= 0.3 is 5.97 Å². The van der Waals surface area contributed by atoms with Gasteiger partial charge in [-0.15, -0.1) is 0 Å². The third-order valence-electron chi connectivity index (χ3n) is 1.49. The number of oxime groups is 1. The molecule has 0 aromatic heterocycles. The Hall–Kier alpha value is -0.900. The molecule has 1 aliphatic carbocycles. The minimum absolute atomic E-state index is 0.113. The van der Waals surface area contributed by atoms with E-state index >= 15 is 0 Å². The predicted octanol–water partition coefficient (Wildman–Crippen LogP) is 1.16. The van der Waals surface area contributed by atoms with Crippen LogP contribution in [0.3, 0.4) is 0 Å². The number of nitrogens with zero attached hydrogens (tertiary/aromatic N) is 1. The lowest BCUT2D eigenvalue weighted by Crippen LogP contribution is -2.09. The molecule has 1 atom stereocenters. The van der Waals surface area contributed by atoms with Crippen molar-refractivity contribution in [2.75, 3.05) is 0 Å². The average molecular weight is 214 g/mol. The van der Waals surface area contributed by atoms with Crippen LogP contribution in [0, 0.1) is 0 Å². The summed E-state index contributed by atoms with van der Waals surface area (Å²) in [7, 11) is 0. The maximum atomic E-state index is 10.9. The van der Waals surface area contributed by atoms with Crippen molar-refractivity contribution in [3.05, 3.63) is 23.8 Å². The van der Waals surface area contributed by atoms with Crippen molar-refractivity contribution in [1.82, 2.24) is 0 Å². The first-order valence-electron chi connectivity index (χ1n) is 3.11. The molecule has 4 heteroatoms. The molecule has 1 aliphatic heterocycles. The van der Waals surface area contributed by atoms with Crippen LogP contribution >= 0.6 is 15.9 Å². The van der Waals surface area contributed by atoms with E-state index in [1.54, 1.807) is 12.2 Å². The van der Waals surface area contributed by atoms with Crippen LogP contribution in [0.15, 0.2) is 29.0 Å². The van der Waals surface area contributed by atoms with E-state index in [4.69, 9.17) is 0 Å². The average Bonchev–Trinajstić information content (AvgIpc) is 2.33. The highest BCUT2D eigenvalue weighted by Gasteiger charge is 2.26. The molecule has 0 N–H and O–H groups in total. The SMILES string of the molecule is O=C1ON=C2C=CC(Br)C=C12. The minimum Gasteiger partial charge on any atom is -0.312 e. The molecule has 2 rings (SSSR count). The zero-order valence-corrected chi connectivity index (χ0v) is 7.04. The molecule has 0 saturated heterocycles. The largest absolute Gasteiger partial charge is 0.367 e. The molecule has 0 fully saturated rings. The lowest BCUT2D eigenvalue weighted by atomic mass is 10.1. The summed E-state index contributed by atoms with van der Waals surface area (Å²) in [5, 5.41) is 3.56. The monoisotopic (exact) mass is 213 g/mol. The predicted molar refractivity (Wildman–Crippen MR) is 43.5 cm³/mol. The third kappa shape index (κ3) is 1.03. The van der Waals surface area contributed by atoms with Gasteiger partial charge in [0.1, 0.15) is 5.71 Å². The number of rotatable bonds is 0. The Kier molecular flexibility index (Phi) is 1.42. The van der Waals surface area contributed by atoms with Gasteiger partial charge < -0.3 is 4.84 Å². The molecule has 0 saturated carbocycles. The minimum atomic E-state index is -0.367. The van der Waals surface area contributed by atoms with E-state index in [0.717, 1.165) is 0 Å². The van der Waals surface area contributed by atoms with Crippen molar-refractivity contribution < 1.29 is 9.63 Å². The number of carbonyl (C=O) groups is 1. The Morgan fingerprint density at radius 3 is 3.27 bits per heavy atom. The summed E-state index contributed by atoms with van der Waals surface area (Å²) in [5.41, 5.74) is 1.17. The molecule has 11 heavy (non-hydrogen) atoms. The molecule has 0 radical (unpaired) electrons. The summed E-state index contributed by atoms with van der Waals surface area (Å²) in [6.07, 6.45) is 5.43. The van der Waals surface area contributed by atoms with Crippen LogP contribution in [0.25, 0.3) is 0 Å². The molecule has 0 aromatic rings. The van der Waals surface area contributed by atoms with E-state index in [1.807, 2.05) is 6.08 Å². The Balaban J connectivity index is 2.42. The van der Waals surface area contributed by atoms with Gasteiger partial charge in [0.2, 0.25) is 0 Å². The molecular formula is C7H4BrNO2. The van der Waals surface area contributed by atoms with Crippen molar-refractivity contribution >= 4 is 27.6 Å². The van der Waals surface area contributed by atoms with Gasteiger partial charge in [-0.3, -0.25) is 0 Å². The number of hydrogen-bond donors (Lipinski definition) is 0. The molecule has 0 aromatic carbocycles. The maximum absolute atomic E-state index is 10.9. The van der Waals surface area contributed by atoms with Gasteiger partial charge in [0.05, 0.1) is 10.4 Å². The fourth-order valence-electron chi connectivity index (χ4n) is 0.965. The summed E-state index contributed by atoms with van der Waals surface area (Å²) in [6, 6.07) is 0. The molecule has 1 unspecified atom stereocenters. The number of hydrogen-bond acceptors (Lipinski definition) is 3. The van der Waals surface area contributed by atoms with Crippen LogP contribution in [-0.2, 0) is 9.63 Å². The topological polar surface area (TPSA) is 38.7 Å². The fraction of sp³-hybridized carbons (Fsp3) is 0.143. The van der Waals surface area contributed by atoms with Crippen molar-refractivity contribution in [3.63, 3.8) is 0 Å². The van der Waals surface area contributed by atoms with Gasteiger partial charge in [-0.25, -0.2) is 4.79 Å². The van der Waals surface area contributed by atoms with E-state index in [2.05, 4.69) is 25.9 Å². The van der Waals surface area contributed by atoms with Crippen LogP contribution in [0.4, 0.5) is 0 Å². The van der Waals surface area contributed by atoms with Crippen LogP contribution in [0.1, 0.15) is 0 Å². The van der Waals surface area contributed by atoms with Gasteiger partial charge in [0.25, 0.3) is 0 Å². The number of halogens is 1. The Morgan fingerprint density at radius 2 is 2.45 bits per heavy atom. The summed E-state index contributed by atoms with van der Waals surface area (Å²) < 4.78 is 0. The Bertz CT molecular complexity index is 304. The highest BCUT2D eigenvalue weighted by molar-refractivity contribution is 9.09. The third-order valence-corrected chi connectivity index (χ3v) is 2.06. The van der Waals surface area contributed by atoms with Crippen molar-refractivity contribution in [3.8, 4) is 0 Å². The highest BCUT2D eigenvalue weighted by atomic mass is 79.9. The first-order chi connectivity index (χ1) is 5.27. The fourth-order valence-corrected chi connectivity index (χ4v) is 1.38. The Labute approximate surface area is 71.5 Å². The van der Waals surface area contributed by atoms with Crippen LogP contribution in [0.5, 0.6) is 0 Å². The summed E-state index contributed by atoms with van der Waals surface area (Å²) >= 11 is 3.33. The van der Waals surface area contributed by atoms with E-state index < -0.39 is 0 Å². The number of alkyl halides is 1. The first kappa shape index (κ1) is 6.79. The summed E-state index contributed by atoms with van der Waals surface area (Å²) in [5.74, 6) is -0.367. The molecule has 3 nitrogen and oxygen atoms in total. The maximum Gasteiger partial charge on any atom is 0.367 e. The van der Waals surface area contributed by atoms with Gasteiger partial charge in [0.15, 0.2) is 0 Å². The highest BCUT2D eigenvalue weighted by Crippen LogP contribution is 2.20. The van der Waals surface area contributed by atoms with Gasteiger partial charge in [-0.1, -0.05) is 33.2 Å². The molecule has 0 bridgehead atoms. The number of allylic oxidation sites excluding steroid dienone is 3. The lowest BCUT2D eigenvalue weighted by molar-refractivity contribution is -0.136. The quantitative estimate of drug-likeness (QED) is 0.448. The van der Waals surface area contributed by atoms with Gasteiger partial charge in [-0.05, 0) is 6.08 Å². The smallest absolute Gasteiger partial charge is 0.312 e. The number of fused-ring (bicyclic) bond motifs is 1. The first-order valence-corrected chi connectivity index (χ1v) is 4.03. The number of carbonyl (C=O) groups excluding carboxylic acids is 1. The van der Waals surface area contributed by atoms with Crippen LogP contribution in [-0.4, -0.2) is 16.5 Å². The van der Waals surface area contributed by atoms with E-state index in [1.165, 1.54) is 0 Å². The molecule has 1 heterocycles. The molecule has 0 spiro atoms. The van der Waals surface area contributed by atoms with E-state index in [0.29, 0.717) is 11.3 Å². The van der Waals surface area contributed by atoms with E-state index in [-0.39, 0.29) is 10.8 Å².